The molecular formula is C13H14N2O. The van der Waals surface area contributed by atoms with Crippen molar-refractivity contribution in [3.8, 4) is 6.07 Å². The standard InChI is InChI=1S/C13H14N2O/c14-8-11-4-1-2-5-12(11)9-15-7-3-6-13(16)10-15/h1-2,4-5H,3,6-7,9-10H2. The summed E-state index contributed by atoms with van der Waals surface area (Å²) in [4.78, 5) is 13.4. The fourth-order valence-corrected chi connectivity index (χ4v) is 2.05. The van der Waals surface area contributed by atoms with Crippen LogP contribution in [0, 0.1) is 11.3 Å². The largest absolute Gasteiger partial charge is 0.298 e. The second kappa shape index (κ2) is 4.91. The third-order valence-corrected chi connectivity index (χ3v) is 2.86. The van der Waals surface area contributed by atoms with Crippen LogP contribution in [0.1, 0.15) is 24.0 Å². The zero-order valence-electron chi connectivity index (χ0n) is 9.15. The lowest BCUT2D eigenvalue weighted by Crippen LogP contribution is -2.35. The molecule has 1 saturated heterocycles. The third-order valence-electron chi connectivity index (χ3n) is 2.86. The van der Waals surface area contributed by atoms with Crippen LogP contribution in [0.5, 0.6) is 0 Å². The number of benzene rings is 1. The summed E-state index contributed by atoms with van der Waals surface area (Å²) in [7, 11) is 0. The Morgan fingerprint density at radius 1 is 1.38 bits per heavy atom. The van der Waals surface area contributed by atoms with Gasteiger partial charge in [-0.25, -0.2) is 0 Å². The van der Waals surface area contributed by atoms with Gasteiger partial charge in [0, 0.05) is 13.0 Å². The molecule has 3 nitrogen and oxygen atoms in total. The van der Waals surface area contributed by atoms with Gasteiger partial charge in [0.2, 0.25) is 0 Å². The first-order chi connectivity index (χ1) is 7.79. The molecule has 3 heteroatoms. The second-order valence-corrected chi connectivity index (χ2v) is 4.12. The molecule has 0 unspecified atom stereocenters. The summed E-state index contributed by atoms with van der Waals surface area (Å²) in [6.45, 7) is 2.18. The van der Waals surface area contributed by atoms with Crippen molar-refractivity contribution >= 4 is 5.78 Å². The molecule has 0 bridgehead atoms. The number of likely N-dealkylation sites (tertiary alicyclic amines) is 1. The van der Waals surface area contributed by atoms with Crippen molar-refractivity contribution in [1.29, 1.82) is 5.26 Å². The molecule has 1 aromatic rings. The fraction of sp³-hybridized carbons (Fsp3) is 0.385. The van der Waals surface area contributed by atoms with Gasteiger partial charge in [0.1, 0.15) is 5.78 Å². The molecule has 1 aliphatic rings. The Bertz CT molecular complexity index is 434. The van der Waals surface area contributed by atoms with Gasteiger partial charge >= 0.3 is 0 Å². The lowest BCUT2D eigenvalue weighted by atomic mass is 10.1. The first-order valence-corrected chi connectivity index (χ1v) is 5.51. The predicted molar refractivity (Wildman–Crippen MR) is 60.7 cm³/mol. The molecule has 0 aromatic heterocycles. The Balaban J connectivity index is 2.09. The molecule has 2 rings (SSSR count). The van der Waals surface area contributed by atoms with Crippen LogP contribution in [0.4, 0.5) is 0 Å². The number of Topliss-reactive ketones (excluding diaryl/α,β-unsaturated/α-hetero) is 1. The maximum atomic E-state index is 11.3. The molecule has 0 N–H and O–H groups in total. The molecule has 0 atom stereocenters. The molecule has 0 saturated carbocycles. The number of nitriles is 1. The summed E-state index contributed by atoms with van der Waals surface area (Å²) < 4.78 is 0. The van der Waals surface area contributed by atoms with Crippen molar-refractivity contribution in [2.75, 3.05) is 13.1 Å². The van der Waals surface area contributed by atoms with Crippen molar-refractivity contribution in [2.45, 2.75) is 19.4 Å². The number of piperidine rings is 1. The van der Waals surface area contributed by atoms with Gasteiger partial charge in [-0.2, -0.15) is 5.26 Å². The highest BCUT2D eigenvalue weighted by molar-refractivity contribution is 5.81. The highest BCUT2D eigenvalue weighted by atomic mass is 16.1. The summed E-state index contributed by atoms with van der Waals surface area (Å²) in [5.74, 6) is 0.306. The Labute approximate surface area is 95.3 Å². The van der Waals surface area contributed by atoms with Gasteiger partial charge in [0.05, 0.1) is 18.2 Å². The molecule has 16 heavy (non-hydrogen) atoms. The number of hydrogen-bond donors (Lipinski definition) is 0. The Kier molecular flexibility index (Phi) is 3.33. The topological polar surface area (TPSA) is 44.1 Å². The predicted octanol–water partition coefficient (Wildman–Crippen LogP) is 1.72. The molecule has 1 heterocycles. The van der Waals surface area contributed by atoms with Crippen LogP contribution in [0.2, 0.25) is 0 Å². The van der Waals surface area contributed by atoms with E-state index in [0.29, 0.717) is 30.9 Å². The highest BCUT2D eigenvalue weighted by Gasteiger charge is 2.17. The van der Waals surface area contributed by atoms with E-state index in [4.69, 9.17) is 5.26 Å². The van der Waals surface area contributed by atoms with Gasteiger partial charge in [-0.15, -0.1) is 0 Å². The Morgan fingerprint density at radius 2 is 2.19 bits per heavy atom. The van der Waals surface area contributed by atoms with E-state index < -0.39 is 0 Å². The SMILES string of the molecule is N#Cc1ccccc1CN1CCCC(=O)C1. The molecule has 82 valence electrons. The number of hydrogen-bond acceptors (Lipinski definition) is 3. The minimum Gasteiger partial charge on any atom is -0.298 e. The number of carbonyl (C=O) groups is 1. The quantitative estimate of drug-likeness (QED) is 0.753. The summed E-state index contributed by atoms with van der Waals surface area (Å²) in [5.41, 5.74) is 1.72. The average molecular weight is 214 g/mol. The normalized spacial score (nSPS) is 17.1. The smallest absolute Gasteiger partial charge is 0.146 e. The lowest BCUT2D eigenvalue weighted by Gasteiger charge is -2.25. The highest BCUT2D eigenvalue weighted by Crippen LogP contribution is 2.14. The molecular weight excluding hydrogens is 200 g/mol. The van der Waals surface area contributed by atoms with E-state index >= 15 is 0 Å². The maximum absolute atomic E-state index is 11.3. The second-order valence-electron chi connectivity index (χ2n) is 4.12. The monoisotopic (exact) mass is 214 g/mol. The lowest BCUT2D eigenvalue weighted by molar-refractivity contribution is -0.122. The molecule has 0 spiro atoms. The van der Waals surface area contributed by atoms with Gasteiger partial charge in [-0.05, 0) is 24.6 Å². The van der Waals surface area contributed by atoms with Gasteiger partial charge in [0.25, 0.3) is 0 Å². The van der Waals surface area contributed by atoms with Gasteiger partial charge < -0.3 is 0 Å². The molecule has 0 aliphatic carbocycles. The molecule has 1 aliphatic heterocycles. The van der Waals surface area contributed by atoms with Crippen LogP contribution >= 0.6 is 0 Å². The van der Waals surface area contributed by atoms with Crippen LogP contribution in [0.3, 0.4) is 0 Å². The van der Waals surface area contributed by atoms with Crippen molar-refractivity contribution in [1.82, 2.24) is 4.90 Å². The zero-order valence-corrected chi connectivity index (χ0v) is 9.15. The summed E-state index contributed by atoms with van der Waals surface area (Å²) in [6.07, 6.45) is 1.64. The molecule has 1 fully saturated rings. The van der Waals surface area contributed by atoms with Crippen molar-refractivity contribution in [3.05, 3.63) is 35.4 Å². The summed E-state index contributed by atoms with van der Waals surface area (Å²) >= 11 is 0. The van der Waals surface area contributed by atoms with Gasteiger partial charge in [-0.1, -0.05) is 18.2 Å². The molecule has 0 amide bonds. The number of carbonyl (C=O) groups excluding carboxylic acids is 1. The van der Waals surface area contributed by atoms with E-state index in [1.807, 2.05) is 24.3 Å². The van der Waals surface area contributed by atoms with Crippen molar-refractivity contribution in [3.63, 3.8) is 0 Å². The van der Waals surface area contributed by atoms with E-state index in [1.165, 1.54) is 0 Å². The first kappa shape index (κ1) is 10.8. The van der Waals surface area contributed by atoms with E-state index in [9.17, 15) is 4.79 Å². The maximum Gasteiger partial charge on any atom is 0.146 e. The average Bonchev–Trinajstić information content (AvgIpc) is 2.30. The number of ketones is 1. The number of rotatable bonds is 2. The van der Waals surface area contributed by atoms with Crippen LogP contribution in [-0.4, -0.2) is 23.8 Å². The zero-order chi connectivity index (χ0) is 11.4. The molecule has 0 radical (unpaired) electrons. The van der Waals surface area contributed by atoms with Crippen LogP contribution in [0.25, 0.3) is 0 Å². The third kappa shape index (κ3) is 2.47. The fourth-order valence-electron chi connectivity index (χ4n) is 2.05. The number of nitrogens with zero attached hydrogens (tertiary/aromatic N) is 2. The van der Waals surface area contributed by atoms with Crippen molar-refractivity contribution in [2.24, 2.45) is 0 Å². The summed E-state index contributed by atoms with van der Waals surface area (Å²) in [5, 5.41) is 8.96. The Morgan fingerprint density at radius 3 is 2.94 bits per heavy atom. The minimum absolute atomic E-state index is 0.306. The van der Waals surface area contributed by atoms with Crippen LogP contribution in [0.15, 0.2) is 24.3 Å². The summed E-state index contributed by atoms with van der Waals surface area (Å²) in [6, 6.07) is 9.76. The van der Waals surface area contributed by atoms with E-state index in [2.05, 4.69) is 11.0 Å². The van der Waals surface area contributed by atoms with E-state index in [0.717, 1.165) is 18.5 Å². The van der Waals surface area contributed by atoms with Gasteiger partial charge in [-0.3, -0.25) is 9.69 Å². The Hall–Kier alpha value is -1.66. The van der Waals surface area contributed by atoms with Crippen molar-refractivity contribution < 1.29 is 4.79 Å². The van der Waals surface area contributed by atoms with Gasteiger partial charge in [0.15, 0.2) is 0 Å². The van der Waals surface area contributed by atoms with E-state index in [1.54, 1.807) is 0 Å². The first-order valence-electron chi connectivity index (χ1n) is 5.51. The van der Waals surface area contributed by atoms with Crippen LogP contribution in [-0.2, 0) is 11.3 Å². The minimum atomic E-state index is 0.306. The van der Waals surface area contributed by atoms with Crippen LogP contribution < -0.4 is 0 Å². The molecule has 1 aromatic carbocycles. The van der Waals surface area contributed by atoms with E-state index in [-0.39, 0.29) is 0 Å².